The minimum atomic E-state index is -0.155. The van der Waals surface area contributed by atoms with Crippen LogP contribution in [0.1, 0.15) is 15.9 Å². The van der Waals surface area contributed by atoms with Gasteiger partial charge in [-0.25, -0.2) is 0 Å². The molecule has 0 fully saturated rings. The minimum Gasteiger partial charge on any atom is -0.331 e. The SMILES string of the molecule is C#CCN(C)C(=O)c1ccc(C)cc1Cl. The fraction of sp³-hybridized carbons (Fsp3) is 0.250. The van der Waals surface area contributed by atoms with Crippen molar-refractivity contribution in [2.45, 2.75) is 6.92 Å². The monoisotopic (exact) mass is 221 g/mol. The number of carbonyl (C=O) groups excluding carboxylic acids is 1. The molecular formula is C12H12ClNO. The summed E-state index contributed by atoms with van der Waals surface area (Å²) in [6.07, 6.45) is 5.13. The van der Waals surface area contributed by atoms with Crippen molar-refractivity contribution in [2.24, 2.45) is 0 Å². The first-order valence-corrected chi connectivity index (χ1v) is 4.89. The summed E-state index contributed by atoms with van der Waals surface area (Å²) in [4.78, 5) is 13.3. The van der Waals surface area contributed by atoms with Crippen LogP contribution >= 0.6 is 11.6 Å². The zero-order chi connectivity index (χ0) is 11.4. The number of terminal acetylenes is 1. The lowest BCUT2D eigenvalue weighted by Crippen LogP contribution is -2.27. The van der Waals surface area contributed by atoms with E-state index in [2.05, 4.69) is 5.92 Å². The average Bonchev–Trinajstić information content (AvgIpc) is 2.17. The van der Waals surface area contributed by atoms with Crippen molar-refractivity contribution in [3.05, 3.63) is 34.3 Å². The van der Waals surface area contributed by atoms with Crippen LogP contribution in [0.25, 0.3) is 0 Å². The molecule has 0 saturated carbocycles. The highest BCUT2D eigenvalue weighted by Crippen LogP contribution is 2.18. The molecule has 0 heterocycles. The second-order valence-electron chi connectivity index (χ2n) is 3.35. The predicted molar refractivity (Wildman–Crippen MR) is 62.0 cm³/mol. The van der Waals surface area contributed by atoms with Crippen molar-refractivity contribution in [2.75, 3.05) is 13.6 Å². The Morgan fingerprint density at radius 2 is 2.27 bits per heavy atom. The highest BCUT2D eigenvalue weighted by Gasteiger charge is 2.13. The third-order valence-electron chi connectivity index (χ3n) is 2.03. The van der Waals surface area contributed by atoms with Gasteiger partial charge in [0.2, 0.25) is 0 Å². The molecule has 0 radical (unpaired) electrons. The molecule has 15 heavy (non-hydrogen) atoms. The van der Waals surface area contributed by atoms with Gasteiger partial charge < -0.3 is 4.90 Å². The number of nitrogens with zero attached hydrogens (tertiary/aromatic N) is 1. The average molecular weight is 222 g/mol. The second-order valence-corrected chi connectivity index (χ2v) is 3.76. The Morgan fingerprint density at radius 3 is 2.80 bits per heavy atom. The van der Waals surface area contributed by atoms with Crippen LogP contribution in [0, 0.1) is 19.3 Å². The quantitative estimate of drug-likeness (QED) is 0.703. The lowest BCUT2D eigenvalue weighted by Gasteiger charge is -2.14. The Kier molecular flexibility index (Phi) is 3.76. The number of rotatable bonds is 2. The Labute approximate surface area is 94.8 Å². The highest BCUT2D eigenvalue weighted by molar-refractivity contribution is 6.33. The number of benzene rings is 1. The summed E-state index contributed by atoms with van der Waals surface area (Å²) in [6.45, 7) is 2.20. The third kappa shape index (κ3) is 2.74. The largest absolute Gasteiger partial charge is 0.331 e. The van der Waals surface area contributed by atoms with Crippen molar-refractivity contribution >= 4 is 17.5 Å². The van der Waals surface area contributed by atoms with Gasteiger partial charge in [-0.2, -0.15) is 0 Å². The molecule has 0 aliphatic carbocycles. The molecule has 0 aromatic heterocycles. The Morgan fingerprint density at radius 1 is 1.60 bits per heavy atom. The van der Waals surface area contributed by atoms with E-state index in [9.17, 15) is 4.79 Å². The number of carbonyl (C=O) groups is 1. The smallest absolute Gasteiger partial charge is 0.255 e. The molecule has 0 saturated heterocycles. The summed E-state index contributed by atoms with van der Waals surface area (Å²) in [5, 5.41) is 0.462. The van der Waals surface area contributed by atoms with Gasteiger partial charge in [-0.15, -0.1) is 6.42 Å². The zero-order valence-corrected chi connectivity index (χ0v) is 9.51. The first-order chi connectivity index (χ1) is 7.06. The van der Waals surface area contributed by atoms with E-state index in [4.69, 9.17) is 18.0 Å². The maximum Gasteiger partial charge on any atom is 0.255 e. The molecule has 0 aliphatic rings. The van der Waals surface area contributed by atoms with E-state index in [-0.39, 0.29) is 12.5 Å². The standard InChI is InChI=1S/C12H12ClNO/c1-4-7-14(3)12(15)10-6-5-9(2)8-11(10)13/h1,5-6,8H,7H2,2-3H3. The Hall–Kier alpha value is -1.46. The lowest BCUT2D eigenvalue weighted by atomic mass is 10.1. The molecule has 1 rings (SSSR count). The van der Waals surface area contributed by atoms with Crippen LogP contribution in [0.15, 0.2) is 18.2 Å². The van der Waals surface area contributed by atoms with E-state index in [1.807, 2.05) is 13.0 Å². The van der Waals surface area contributed by atoms with Gasteiger partial charge in [0.05, 0.1) is 17.1 Å². The van der Waals surface area contributed by atoms with Gasteiger partial charge in [0.1, 0.15) is 0 Å². The third-order valence-corrected chi connectivity index (χ3v) is 2.34. The van der Waals surface area contributed by atoms with Crippen molar-refractivity contribution in [1.29, 1.82) is 0 Å². The lowest BCUT2D eigenvalue weighted by molar-refractivity contribution is 0.0813. The fourth-order valence-corrected chi connectivity index (χ4v) is 1.52. The zero-order valence-electron chi connectivity index (χ0n) is 8.75. The van der Waals surface area contributed by atoms with Crippen molar-refractivity contribution in [3.63, 3.8) is 0 Å². The van der Waals surface area contributed by atoms with Crippen LogP contribution in [-0.4, -0.2) is 24.4 Å². The van der Waals surface area contributed by atoms with Gasteiger partial charge >= 0.3 is 0 Å². The number of aryl methyl sites for hydroxylation is 1. The van der Waals surface area contributed by atoms with Gasteiger partial charge in [0, 0.05) is 7.05 Å². The molecule has 0 unspecified atom stereocenters. The molecule has 0 bridgehead atoms. The van der Waals surface area contributed by atoms with Crippen LogP contribution in [0.3, 0.4) is 0 Å². The molecule has 0 atom stereocenters. The van der Waals surface area contributed by atoms with Gasteiger partial charge in [-0.05, 0) is 24.6 Å². The first-order valence-electron chi connectivity index (χ1n) is 4.51. The van der Waals surface area contributed by atoms with E-state index in [1.54, 1.807) is 19.2 Å². The summed E-state index contributed by atoms with van der Waals surface area (Å²) in [7, 11) is 1.65. The Bertz CT molecular complexity index is 420. The van der Waals surface area contributed by atoms with E-state index < -0.39 is 0 Å². The van der Waals surface area contributed by atoms with E-state index in [0.29, 0.717) is 10.6 Å². The van der Waals surface area contributed by atoms with Crippen molar-refractivity contribution < 1.29 is 4.79 Å². The molecule has 78 valence electrons. The first kappa shape index (κ1) is 11.6. The molecular weight excluding hydrogens is 210 g/mol. The maximum atomic E-state index is 11.8. The molecule has 1 aromatic rings. The summed E-state index contributed by atoms with van der Waals surface area (Å²) in [6, 6.07) is 5.33. The molecule has 1 amide bonds. The van der Waals surface area contributed by atoms with Crippen LogP contribution in [0.2, 0.25) is 5.02 Å². The second kappa shape index (κ2) is 4.86. The van der Waals surface area contributed by atoms with Crippen molar-refractivity contribution in [3.8, 4) is 12.3 Å². The van der Waals surface area contributed by atoms with E-state index >= 15 is 0 Å². The topological polar surface area (TPSA) is 20.3 Å². The van der Waals surface area contributed by atoms with Gasteiger partial charge in [0.25, 0.3) is 5.91 Å². The number of hydrogen-bond donors (Lipinski definition) is 0. The molecule has 3 heteroatoms. The summed E-state index contributed by atoms with van der Waals surface area (Å²) < 4.78 is 0. The Balaban J connectivity index is 2.97. The molecule has 0 spiro atoms. The van der Waals surface area contributed by atoms with Gasteiger partial charge in [-0.3, -0.25) is 4.79 Å². The predicted octanol–water partition coefficient (Wildman–Crippen LogP) is 2.35. The van der Waals surface area contributed by atoms with Crippen LogP contribution in [-0.2, 0) is 0 Å². The highest BCUT2D eigenvalue weighted by atomic mass is 35.5. The molecule has 2 nitrogen and oxygen atoms in total. The summed E-state index contributed by atoms with van der Waals surface area (Å²) in [5.74, 6) is 2.26. The van der Waals surface area contributed by atoms with Crippen LogP contribution in [0.4, 0.5) is 0 Å². The molecule has 0 N–H and O–H groups in total. The van der Waals surface area contributed by atoms with E-state index in [1.165, 1.54) is 4.90 Å². The van der Waals surface area contributed by atoms with Gasteiger partial charge in [-0.1, -0.05) is 23.6 Å². The number of halogens is 1. The van der Waals surface area contributed by atoms with Gasteiger partial charge in [0.15, 0.2) is 0 Å². The van der Waals surface area contributed by atoms with Crippen LogP contribution in [0.5, 0.6) is 0 Å². The number of amides is 1. The summed E-state index contributed by atoms with van der Waals surface area (Å²) in [5.41, 5.74) is 1.51. The summed E-state index contributed by atoms with van der Waals surface area (Å²) >= 11 is 5.97. The maximum absolute atomic E-state index is 11.8. The fourth-order valence-electron chi connectivity index (χ4n) is 1.21. The molecule has 0 aliphatic heterocycles. The van der Waals surface area contributed by atoms with E-state index in [0.717, 1.165) is 5.56 Å². The van der Waals surface area contributed by atoms with Crippen LogP contribution < -0.4 is 0 Å². The molecule has 1 aromatic carbocycles. The minimum absolute atomic E-state index is 0.155. The number of hydrogen-bond acceptors (Lipinski definition) is 1. The van der Waals surface area contributed by atoms with Crippen molar-refractivity contribution in [1.82, 2.24) is 4.90 Å². The normalized spacial score (nSPS) is 9.47.